The van der Waals surface area contributed by atoms with Crippen LogP contribution in [0.3, 0.4) is 0 Å². The van der Waals surface area contributed by atoms with Gasteiger partial charge in [-0.05, 0) is 36.1 Å². The number of carbonyl (C=O) groups is 1. The molecule has 2 aromatic heterocycles. The highest BCUT2D eigenvalue weighted by Crippen LogP contribution is 2.39. The predicted molar refractivity (Wildman–Crippen MR) is 128 cm³/mol. The van der Waals surface area contributed by atoms with Crippen molar-refractivity contribution in [2.75, 3.05) is 6.54 Å². The monoisotopic (exact) mass is 447 g/mol. The number of carbonyl (C=O) groups excluding carboxylic acids is 1. The number of nitrogens with two attached hydrogens (primary N) is 1. The fourth-order valence-corrected chi connectivity index (χ4v) is 5.03. The molecule has 0 bridgehead atoms. The van der Waals surface area contributed by atoms with E-state index in [-0.39, 0.29) is 0 Å². The Morgan fingerprint density at radius 2 is 1.91 bits per heavy atom. The number of aromatic amines is 1. The summed E-state index contributed by atoms with van der Waals surface area (Å²) < 4.78 is 2.10. The molecular weight excluding hydrogens is 422 g/mol. The second kappa shape index (κ2) is 8.02. The highest BCUT2D eigenvalue weighted by atomic mass is 35.5. The molecule has 0 fully saturated rings. The van der Waals surface area contributed by atoms with Crippen LogP contribution in [0.4, 0.5) is 4.79 Å². The van der Waals surface area contributed by atoms with Crippen LogP contribution in [0.25, 0.3) is 27.8 Å². The van der Waals surface area contributed by atoms with Crippen LogP contribution in [0.5, 0.6) is 0 Å². The van der Waals surface area contributed by atoms with Crippen molar-refractivity contribution in [3.63, 3.8) is 0 Å². The average molecular weight is 448 g/mol. The van der Waals surface area contributed by atoms with Crippen molar-refractivity contribution in [3.05, 3.63) is 70.0 Å². The summed E-state index contributed by atoms with van der Waals surface area (Å²) in [6.45, 7) is 5.37. The summed E-state index contributed by atoms with van der Waals surface area (Å²) >= 11 is 6.47. The van der Waals surface area contributed by atoms with Gasteiger partial charge in [0.25, 0.3) is 0 Å². The number of aryl methyl sites for hydroxylation is 2. The van der Waals surface area contributed by atoms with Gasteiger partial charge in [-0.2, -0.15) is 5.10 Å². The summed E-state index contributed by atoms with van der Waals surface area (Å²) in [4.78, 5) is 16.9. The molecule has 7 heteroatoms. The fraction of sp³-hybridized carbons (Fsp3) is 0.280. The molecule has 0 aliphatic carbocycles. The first-order valence-corrected chi connectivity index (χ1v) is 11.4. The number of urea groups is 1. The molecule has 0 unspecified atom stereocenters. The van der Waals surface area contributed by atoms with E-state index in [1.807, 2.05) is 18.3 Å². The molecule has 164 valence electrons. The van der Waals surface area contributed by atoms with Crippen LogP contribution < -0.4 is 5.73 Å². The minimum Gasteiger partial charge on any atom is -0.360 e. The number of H-pyrrole nitrogens is 1. The lowest BCUT2D eigenvalue weighted by atomic mass is 9.97. The lowest BCUT2D eigenvalue weighted by Gasteiger charge is -2.25. The number of hydrogen-bond donors (Lipinski definition) is 2. The predicted octanol–water partition coefficient (Wildman–Crippen LogP) is 5.24. The van der Waals surface area contributed by atoms with Crippen LogP contribution in [0.1, 0.15) is 36.2 Å². The maximum Gasteiger partial charge on any atom is 0.315 e. The van der Waals surface area contributed by atoms with Gasteiger partial charge < -0.3 is 15.6 Å². The van der Waals surface area contributed by atoms with Crippen molar-refractivity contribution in [1.82, 2.24) is 19.7 Å². The zero-order chi connectivity index (χ0) is 22.4. The van der Waals surface area contributed by atoms with Crippen LogP contribution >= 0.6 is 11.6 Å². The Morgan fingerprint density at radius 1 is 1.16 bits per heavy atom. The van der Waals surface area contributed by atoms with E-state index in [0.717, 1.165) is 51.9 Å². The molecule has 32 heavy (non-hydrogen) atoms. The summed E-state index contributed by atoms with van der Waals surface area (Å²) in [7, 11) is 0. The van der Waals surface area contributed by atoms with Crippen LogP contribution in [0.15, 0.2) is 42.6 Å². The largest absolute Gasteiger partial charge is 0.360 e. The second-order valence-corrected chi connectivity index (χ2v) is 8.60. The quantitative estimate of drug-likeness (QED) is 0.448. The number of benzene rings is 2. The Kier molecular flexibility index (Phi) is 5.18. The molecule has 0 atom stereocenters. The molecule has 4 aromatic rings. The molecule has 2 amide bonds. The summed E-state index contributed by atoms with van der Waals surface area (Å²) in [6.07, 6.45) is 4.39. The van der Waals surface area contributed by atoms with Crippen molar-refractivity contribution < 1.29 is 4.79 Å². The van der Waals surface area contributed by atoms with E-state index in [1.54, 1.807) is 4.90 Å². The Bertz CT molecular complexity index is 1310. The number of primary amides is 1. The third-order valence-corrected chi connectivity index (χ3v) is 6.77. The Labute approximate surface area is 192 Å². The van der Waals surface area contributed by atoms with E-state index in [0.29, 0.717) is 24.5 Å². The van der Waals surface area contributed by atoms with Gasteiger partial charge in [-0.25, -0.2) is 9.48 Å². The fourth-order valence-electron chi connectivity index (χ4n) is 4.81. The SMILES string of the molecule is CCc1cccc(CC)c1-n1nc2c(c1-c1ccc(Cl)c3[nH]ccc13)CN(C(N)=O)CC2. The minimum absolute atomic E-state index is 0.402. The van der Waals surface area contributed by atoms with Gasteiger partial charge in [0.1, 0.15) is 0 Å². The van der Waals surface area contributed by atoms with Gasteiger partial charge in [-0.15, -0.1) is 0 Å². The van der Waals surface area contributed by atoms with Gasteiger partial charge in [0, 0.05) is 35.7 Å². The number of fused-ring (bicyclic) bond motifs is 2. The van der Waals surface area contributed by atoms with Crippen molar-refractivity contribution in [1.29, 1.82) is 0 Å². The number of amides is 2. The van der Waals surface area contributed by atoms with Gasteiger partial charge in [0.05, 0.1) is 34.2 Å². The van der Waals surface area contributed by atoms with Crippen LogP contribution in [-0.4, -0.2) is 32.2 Å². The number of nitrogens with zero attached hydrogens (tertiary/aromatic N) is 3. The number of hydrogen-bond acceptors (Lipinski definition) is 2. The van der Waals surface area contributed by atoms with E-state index in [1.165, 1.54) is 11.1 Å². The normalized spacial score (nSPS) is 13.5. The first-order valence-electron chi connectivity index (χ1n) is 11.1. The van der Waals surface area contributed by atoms with E-state index in [2.05, 4.69) is 47.8 Å². The molecule has 3 heterocycles. The number of nitrogens with one attached hydrogen (secondary N) is 1. The standard InChI is InChI=1S/C25H26ClN5O/c1-3-15-6-5-7-16(4-2)23(15)31-24(18-8-9-20(26)22-17(18)10-12-28-22)19-14-30(25(27)32)13-11-21(19)29-31/h5-10,12,28H,3-4,11,13-14H2,1-2H3,(H2,27,32). The Morgan fingerprint density at radius 3 is 2.59 bits per heavy atom. The van der Waals surface area contributed by atoms with Crippen LogP contribution in [-0.2, 0) is 25.8 Å². The smallest absolute Gasteiger partial charge is 0.315 e. The Hall–Kier alpha value is -3.25. The van der Waals surface area contributed by atoms with Gasteiger partial charge >= 0.3 is 6.03 Å². The number of rotatable bonds is 4. The van der Waals surface area contributed by atoms with E-state index < -0.39 is 6.03 Å². The number of halogens is 1. The summed E-state index contributed by atoms with van der Waals surface area (Å²) in [5, 5.41) is 6.83. The first-order chi connectivity index (χ1) is 15.5. The Balaban J connectivity index is 1.85. The van der Waals surface area contributed by atoms with Crippen LogP contribution in [0.2, 0.25) is 5.02 Å². The number of aromatic nitrogens is 3. The number of para-hydroxylation sites is 1. The highest BCUT2D eigenvalue weighted by molar-refractivity contribution is 6.35. The lowest BCUT2D eigenvalue weighted by Crippen LogP contribution is -2.39. The van der Waals surface area contributed by atoms with Crippen molar-refractivity contribution >= 4 is 28.5 Å². The maximum atomic E-state index is 12.0. The molecule has 6 nitrogen and oxygen atoms in total. The molecule has 0 radical (unpaired) electrons. The first kappa shape index (κ1) is 20.6. The molecule has 0 spiro atoms. The maximum absolute atomic E-state index is 12.0. The highest BCUT2D eigenvalue weighted by Gasteiger charge is 2.29. The third-order valence-electron chi connectivity index (χ3n) is 6.45. The molecule has 5 rings (SSSR count). The summed E-state index contributed by atoms with van der Waals surface area (Å²) in [5.41, 5.74) is 14.3. The molecular formula is C25H26ClN5O. The van der Waals surface area contributed by atoms with Gasteiger partial charge in [-0.1, -0.05) is 49.7 Å². The second-order valence-electron chi connectivity index (χ2n) is 8.19. The average Bonchev–Trinajstić information content (AvgIpc) is 3.44. The van der Waals surface area contributed by atoms with Gasteiger partial charge in [-0.3, -0.25) is 0 Å². The van der Waals surface area contributed by atoms with Gasteiger partial charge in [0.15, 0.2) is 0 Å². The minimum atomic E-state index is -0.402. The zero-order valence-electron chi connectivity index (χ0n) is 18.3. The zero-order valence-corrected chi connectivity index (χ0v) is 19.0. The lowest BCUT2D eigenvalue weighted by molar-refractivity contribution is 0.202. The molecule has 0 saturated carbocycles. The topological polar surface area (TPSA) is 79.9 Å². The van der Waals surface area contributed by atoms with Crippen molar-refractivity contribution in [2.45, 2.75) is 39.7 Å². The van der Waals surface area contributed by atoms with E-state index >= 15 is 0 Å². The molecule has 1 aliphatic rings. The molecule has 3 N–H and O–H groups in total. The van der Waals surface area contributed by atoms with E-state index in [9.17, 15) is 4.79 Å². The molecule has 1 aliphatic heterocycles. The third kappa shape index (κ3) is 3.17. The molecule has 2 aromatic carbocycles. The van der Waals surface area contributed by atoms with Gasteiger partial charge in [0.2, 0.25) is 0 Å². The van der Waals surface area contributed by atoms with E-state index in [4.69, 9.17) is 22.4 Å². The van der Waals surface area contributed by atoms with Crippen LogP contribution in [0, 0.1) is 0 Å². The van der Waals surface area contributed by atoms with Crippen molar-refractivity contribution in [3.8, 4) is 16.9 Å². The molecule has 0 saturated heterocycles. The van der Waals surface area contributed by atoms with Crippen molar-refractivity contribution in [2.24, 2.45) is 5.73 Å². The summed E-state index contributed by atoms with van der Waals surface area (Å²) in [6, 6.07) is 12.1. The summed E-state index contributed by atoms with van der Waals surface area (Å²) in [5.74, 6) is 0.